The Bertz CT molecular complexity index is 525. The van der Waals surface area contributed by atoms with Crippen molar-refractivity contribution in [2.75, 3.05) is 53.7 Å². The monoisotopic (exact) mass is 349 g/mol. The van der Waals surface area contributed by atoms with Gasteiger partial charge in [0.2, 0.25) is 0 Å². The molecule has 1 saturated heterocycles. The molecule has 0 amide bonds. The van der Waals surface area contributed by atoms with Crippen molar-refractivity contribution in [2.24, 2.45) is 4.99 Å². The molecule has 6 heteroatoms. The fraction of sp³-hybridized carbons (Fsp3) is 0.632. The Balaban J connectivity index is 2.06. The van der Waals surface area contributed by atoms with Crippen LogP contribution in [0.25, 0.3) is 0 Å². The number of hydrogen-bond acceptors (Lipinski definition) is 4. The smallest absolute Gasteiger partial charge is 0.191 e. The number of nitrogens with one attached hydrogen (secondary N) is 2. The Labute approximate surface area is 151 Å². The van der Waals surface area contributed by atoms with Crippen LogP contribution in [0, 0.1) is 0 Å². The van der Waals surface area contributed by atoms with Crippen LogP contribution in [-0.2, 0) is 14.9 Å². The minimum absolute atomic E-state index is 0.0435. The van der Waals surface area contributed by atoms with Gasteiger partial charge in [-0.05, 0) is 37.5 Å². The Morgan fingerprint density at radius 1 is 1.20 bits per heavy atom. The van der Waals surface area contributed by atoms with Crippen molar-refractivity contribution in [3.63, 3.8) is 0 Å². The average Bonchev–Trinajstić information content (AvgIpc) is 2.66. The molecular formula is C19H31N3O3. The number of aliphatic imine (C=N–C) groups is 1. The molecule has 0 unspecified atom stereocenters. The zero-order valence-corrected chi connectivity index (χ0v) is 15.6. The summed E-state index contributed by atoms with van der Waals surface area (Å²) in [5, 5.41) is 6.74. The topological polar surface area (TPSA) is 64.1 Å². The second kappa shape index (κ2) is 10.3. The van der Waals surface area contributed by atoms with Crippen LogP contribution in [-0.4, -0.2) is 59.6 Å². The first kappa shape index (κ1) is 19.5. The van der Waals surface area contributed by atoms with E-state index in [1.807, 2.05) is 6.92 Å². The molecule has 1 aliphatic heterocycles. The van der Waals surface area contributed by atoms with Crippen molar-refractivity contribution in [3.8, 4) is 5.75 Å². The van der Waals surface area contributed by atoms with Gasteiger partial charge in [0.1, 0.15) is 5.75 Å². The highest BCUT2D eigenvalue weighted by atomic mass is 16.5. The summed E-state index contributed by atoms with van der Waals surface area (Å²) in [4.78, 5) is 4.30. The van der Waals surface area contributed by atoms with Gasteiger partial charge in [0, 0.05) is 45.9 Å². The lowest BCUT2D eigenvalue weighted by molar-refractivity contribution is 0.0513. The second-order valence-electron chi connectivity index (χ2n) is 6.20. The van der Waals surface area contributed by atoms with Crippen LogP contribution < -0.4 is 15.4 Å². The maximum Gasteiger partial charge on any atom is 0.191 e. The van der Waals surface area contributed by atoms with Crippen LogP contribution in [0.5, 0.6) is 5.75 Å². The number of ether oxygens (including phenoxy) is 3. The van der Waals surface area contributed by atoms with Crippen molar-refractivity contribution < 1.29 is 14.2 Å². The van der Waals surface area contributed by atoms with E-state index in [1.165, 1.54) is 5.56 Å². The first-order valence-electron chi connectivity index (χ1n) is 8.98. The molecule has 0 aliphatic carbocycles. The van der Waals surface area contributed by atoms with Crippen LogP contribution in [0.4, 0.5) is 0 Å². The molecule has 1 heterocycles. The van der Waals surface area contributed by atoms with E-state index in [9.17, 15) is 0 Å². The summed E-state index contributed by atoms with van der Waals surface area (Å²) in [7, 11) is 3.48. The first-order chi connectivity index (χ1) is 12.2. The third kappa shape index (κ3) is 5.61. The molecule has 25 heavy (non-hydrogen) atoms. The zero-order valence-electron chi connectivity index (χ0n) is 15.6. The number of methoxy groups -OCH3 is 1. The third-order valence-corrected chi connectivity index (χ3v) is 4.64. The molecule has 1 aromatic carbocycles. The van der Waals surface area contributed by atoms with E-state index < -0.39 is 0 Å². The van der Waals surface area contributed by atoms with Gasteiger partial charge >= 0.3 is 0 Å². The molecule has 2 rings (SSSR count). The summed E-state index contributed by atoms with van der Waals surface area (Å²) in [6.07, 6.45) is 1.98. The predicted octanol–water partition coefficient (Wildman–Crippen LogP) is 1.94. The SMILES string of the molecule is CCOc1ccc(C2(CNC(=NC)NCCOC)CCOCC2)cc1. The van der Waals surface area contributed by atoms with Crippen LogP contribution >= 0.6 is 0 Å². The van der Waals surface area contributed by atoms with E-state index in [1.54, 1.807) is 14.2 Å². The molecule has 1 aliphatic rings. The van der Waals surface area contributed by atoms with Crippen LogP contribution in [0.1, 0.15) is 25.3 Å². The van der Waals surface area contributed by atoms with E-state index in [4.69, 9.17) is 14.2 Å². The minimum Gasteiger partial charge on any atom is -0.494 e. The van der Waals surface area contributed by atoms with E-state index in [0.29, 0.717) is 13.2 Å². The molecule has 0 aromatic heterocycles. The summed E-state index contributed by atoms with van der Waals surface area (Å²) in [5.74, 6) is 1.72. The van der Waals surface area contributed by atoms with Crippen molar-refractivity contribution in [3.05, 3.63) is 29.8 Å². The predicted molar refractivity (Wildman–Crippen MR) is 101 cm³/mol. The van der Waals surface area contributed by atoms with E-state index in [0.717, 1.165) is 50.9 Å². The highest BCUT2D eigenvalue weighted by molar-refractivity contribution is 5.79. The third-order valence-electron chi connectivity index (χ3n) is 4.64. The molecule has 1 fully saturated rings. The van der Waals surface area contributed by atoms with Crippen LogP contribution in [0.3, 0.4) is 0 Å². The molecular weight excluding hydrogens is 318 g/mol. The Morgan fingerprint density at radius 2 is 1.92 bits per heavy atom. The maximum absolute atomic E-state index is 5.61. The molecule has 0 radical (unpaired) electrons. The van der Waals surface area contributed by atoms with Gasteiger partial charge in [0.25, 0.3) is 0 Å². The largest absolute Gasteiger partial charge is 0.494 e. The minimum atomic E-state index is 0.0435. The maximum atomic E-state index is 5.61. The second-order valence-corrected chi connectivity index (χ2v) is 6.20. The van der Waals surface area contributed by atoms with Crippen molar-refractivity contribution in [1.29, 1.82) is 0 Å². The molecule has 2 N–H and O–H groups in total. The van der Waals surface area contributed by atoms with Gasteiger partial charge in [-0.1, -0.05) is 12.1 Å². The molecule has 140 valence electrons. The Morgan fingerprint density at radius 3 is 2.52 bits per heavy atom. The van der Waals surface area contributed by atoms with Gasteiger partial charge < -0.3 is 24.8 Å². The first-order valence-corrected chi connectivity index (χ1v) is 8.98. The van der Waals surface area contributed by atoms with Gasteiger partial charge in [0.05, 0.1) is 13.2 Å². The summed E-state index contributed by atoms with van der Waals surface area (Å²) in [6.45, 7) is 6.45. The lowest BCUT2D eigenvalue weighted by atomic mass is 9.74. The normalized spacial score (nSPS) is 17.2. The molecule has 0 spiro atoms. The molecule has 0 bridgehead atoms. The zero-order chi connectivity index (χ0) is 18.0. The molecule has 6 nitrogen and oxygen atoms in total. The van der Waals surface area contributed by atoms with Crippen molar-refractivity contribution in [2.45, 2.75) is 25.2 Å². The average molecular weight is 349 g/mol. The van der Waals surface area contributed by atoms with Gasteiger partial charge in [-0.25, -0.2) is 0 Å². The van der Waals surface area contributed by atoms with E-state index >= 15 is 0 Å². The number of guanidine groups is 1. The Kier molecular flexibility index (Phi) is 8.01. The van der Waals surface area contributed by atoms with E-state index in [2.05, 4.69) is 39.9 Å². The fourth-order valence-electron chi connectivity index (χ4n) is 3.15. The quantitative estimate of drug-likeness (QED) is 0.427. The summed E-state index contributed by atoms with van der Waals surface area (Å²) in [5.41, 5.74) is 1.36. The summed E-state index contributed by atoms with van der Waals surface area (Å²) >= 11 is 0. The lowest BCUT2D eigenvalue weighted by Gasteiger charge is -2.38. The Hall–Kier alpha value is -1.79. The van der Waals surface area contributed by atoms with Gasteiger partial charge in [-0.2, -0.15) is 0 Å². The number of benzene rings is 1. The number of rotatable bonds is 8. The summed E-state index contributed by atoms with van der Waals surface area (Å²) in [6, 6.07) is 8.47. The van der Waals surface area contributed by atoms with Crippen molar-refractivity contribution >= 4 is 5.96 Å². The van der Waals surface area contributed by atoms with Gasteiger partial charge in [-0.3, -0.25) is 4.99 Å². The van der Waals surface area contributed by atoms with Crippen molar-refractivity contribution in [1.82, 2.24) is 10.6 Å². The molecule has 1 aromatic rings. The molecule has 0 saturated carbocycles. The molecule has 0 atom stereocenters. The summed E-state index contributed by atoms with van der Waals surface area (Å²) < 4.78 is 16.3. The lowest BCUT2D eigenvalue weighted by Crippen LogP contribution is -2.48. The van der Waals surface area contributed by atoms with E-state index in [-0.39, 0.29) is 5.41 Å². The standard InChI is InChI=1S/C19H31N3O3/c1-4-25-17-7-5-16(6-8-17)19(9-12-24-13-10-19)15-22-18(20-2)21-11-14-23-3/h5-8H,4,9-15H2,1-3H3,(H2,20,21,22). The van der Waals surface area contributed by atoms with Gasteiger partial charge in [0.15, 0.2) is 5.96 Å². The number of nitrogens with zero attached hydrogens (tertiary/aromatic N) is 1. The van der Waals surface area contributed by atoms with Crippen LogP contribution in [0.2, 0.25) is 0 Å². The van der Waals surface area contributed by atoms with Crippen LogP contribution in [0.15, 0.2) is 29.3 Å². The number of hydrogen-bond donors (Lipinski definition) is 2. The fourth-order valence-corrected chi connectivity index (χ4v) is 3.15. The van der Waals surface area contributed by atoms with Gasteiger partial charge in [-0.15, -0.1) is 0 Å². The highest BCUT2D eigenvalue weighted by Gasteiger charge is 2.34. The highest BCUT2D eigenvalue weighted by Crippen LogP contribution is 2.35.